The Labute approximate surface area is 90.9 Å². The predicted octanol–water partition coefficient (Wildman–Crippen LogP) is 2.19. The van der Waals surface area contributed by atoms with Crippen LogP contribution in [0.15, 0.2) is 24.3 Å². The Morgan fingerprint density at radius 3 is 2.87 bits per heavy atom. The van der Waals surface area contributed by atoms with Gasteiger partial charge in [0, 0.05) is 20.0 Å². The fraction of sp³-hybridized carbons (Fsp3) is 0.462. The molecule has 1 aliphatic heterocycles. The topological polar surface area (TPSA) is 20.3 Å². The van der Waals surface area contributed by atoms with Gasteiger partial charge < -0.3 is 4.90 Å². The van der Waals surface area contributed by atoms with Gasteiger partial charge in [0.1, 0.15) is 0 Å². The molecule has 0 saturated carbocycles. The number of fused-ring (bicyclic) bond motifs is 1. The molecule has 0 spiro atoms. The number of carbonyl (C=O) groups excluding carboxylic acids is 1. The molecule has 0 fully saturated rings. The Morgan fingerprint density at radius 2 is 2.13 bits per heavy atom. The Kier molecular flexibility index (Phi) is 2.76. The van der Waals surface area contributed by atoms with Gasteiger partial charge in [-0.05, 0) is 23.5 Å². The zero-order valence-electron chi connectivity index (χ0n) is 9.36. The predicted molar refractivity (Wildman–Crippen MR) is 60.8 cm³/mol. The van der Waals surface area contributed by atoms with Crippen molar-refractivity contribution in [3.8, 4) is 0 Å². The zero-order chi connectivity index (χ0) is 10.8. The molecular weight excluding hydrogens is 186 g/mol. The summed E-state index contributed by atoms with van der Waals surface area (Å²) < 4.78 is 0. The van der Waals surface area contributed by atoms with Gasteiger partial charge in [-0.15, -0.1) is 0 Å². The molecule has 2 heteroatoms. The van der Waals surface area contributed by atoms with Gasteiger partial charge in [-0.25, -0.2) is 0 Å². The summed E-state index contributed by atoms with van der Waals surface area (Å²) in [4.78, 5) is 13.3. The van der Waals surface area contributed by atoms with E-state index in [2.05, 4.69) is 31.2 Å². The second-order valence-corrected chi connectivity index (χ2v) is 4.31. The highest BCUT2D eigenvalue weighted by Gasteiger charge is 2.20. The van der Waals surface area contributed by atoms with E-state index in [1.165, 1.54) is 11.1 Å². The highest BCUT2D eigenvalue weighted by molar-refractivity contribution is 5.73. The SMILES string of the molecule is CC(=O)N1CCc2ccccc2C(C)C1. The minimum absolute atomic E-state index is 0.189. The largest absolute Gasteiger partial charge is 0.342 e. The summed E-state index contributed by atoms with van der Waals surface area (Å²) in [7, 11) is 0. The number of carbonyl (C=O) groups is 1. The van der Waals surface area contributed by atoms with Crippen LogP contribution in [-0.2, 0) is 11.2 Å². The maximum atomic E-state index is 11.4. The van der Waals surface area contributed by atoms with E-state index in [4.69, 9.17) is 0 Å². The fourth-order valence-electron chi connectivity index (χ4n) is 2.30. The second kappa shape index (κ2) is 4.05. The van der Waals surface area contributed by atoms with Crippen LogP contribution in [0.4, 0.5) is 0 Å². The molecule has 1 aromatic carbocycles. The molecule has 1 atom stereocenters. The first-order valence-corrected chi connectivity index (χ1v) is 5.52. The third-order valence-electron chi connectivity index (χ3n) is 3.18. The first kappa shape index (κ1) is 10.2. The van der Waals surface area contributed by atoms with Gasteiger partial charge in [-0.3, -0.25) is 4.79 Å². The lowest BCUT2D eigenvalue weighted by Gasteiger charge is -2.21. The van der Waals surface area contributed by atoms with Gasteiger partial charge in [0.05, 0.1) is 0 Å². The molecule has 0 saturated heterocycles. The van der Waals surface area contributed by atoms with Crippen molar-refractivity contribution in [2.24, 2.45) is 0 Å². The van der Waals surface area contributed by atoms with Crippen molar-refractivity contribution in [3.05, 3.63) is 35.4 Å². The number of amides is 1. The van der Waals surface area contributed by atoms with Crippen molar-refractivity contribution >= 4 is 5.91 Å². The molecule has 1 heterocycles. The van der Waals surface area contributed by atoms with Crippen LogP contribution in [0.5, 0.6) is 0 Å². The summed E-state index contributed by atoms with van der Waals surface area (Å²) in [5, 5.41) is 0. The summed E-state index contributed by atoms with van der Waals surface area (Å²) in [5.41, 5.74) is 2.80. The van der Waals surface area contributed by atoms with Crippen molar-refractivity contribution in [1.82, 2.24) is 4.90 Å². The molecule has 2 nitrogen and oxygen atoms in total. The summed E-state index contributed by atoms with van der Waals surface area (Å²) >= 11 is 0. The number of hydrogen-bond donors (Lipinski definition) is 0. The average molecular weight is 203 g/mol. The lowest BCUT2D eigenvalue weighted by Crippen LogP contribution is -2.32. The molecule has 15 heavy (non-hydrogen) atoms. The lowest BCUT2D eigenvalue weighted by molar-refractivity contribution is -0.128. The minimum atomic E-state index is 0.189. The highest BCUT2D eigenvalue weighted by Crippen LogP contribution is 2.24. The molecule has 0 aromatic heterocycles. The normalized spacial score (nSPS) is 20.7. The monoisotopic (exact) mass is 203 g/mol. The standard InChI is InChI=1S/C13H17NO/c1-10-9-14(11(2)15)8-7-12-5-3-4-6-13(10)12/h3-6,10H,7-9H2,1-2H3. The van der Waals surface area contributed by atoms with Crippen LogP contribution in [0.3, 0.4) is 0 Å². The van der Waals surface area contributed by atoms with E-state index < -0.39 is 0 Å². The van der Waals surface area contributed by atoms with E-state index in [-0.39, 0.29) is 5.91 Å². The smallest absolute Gasteiger partial charge is 0.219 e. The van der Waals surface area contributed by atoms with Gasteiger partial charge in [-0.1, -0.05) is 31.2 Å². The van der Waals surface area contributed by atoms with E-state index in [0.29, 0.717) is 5.92 Å². The van der Waals surface area contributed by atoms with E-state index in [9.17, 15) is 4.79 Å². The minimum Gasteiger partial charge on any atom is -0.342 e. The summed E-state index contributed by atoms with van der Waals surface area (Å²) in [5.74, 6) is 0.641. The van der Waals surface area contributed by atoms with Crippen LogP contribution in [0.25, 0.3) is 0 Å². The highest BCUT2D eigenvalue weighted by atomic mass is 16.2. The number of benzene rings is 1. The quantitative estimate of drug-likeness (QED) is 0.633. The Balaban J connectivity index is 2.28. The molecule has 0 N–H and O–H groups in total. The van der Waals surface area contributed by atoms with Crippen LogP contribution < -0.4 is 0 Å². The summed E-state index contributed by atoms with van der Waals surface area (Å²) in [6.45, 7) is 5.56. The maximum absolute atomic E-state index is 11.4. The van der Waals surface area contributed by atoms with Crippen molar-refractivity contribution < 1.29 is 4.79 Å². The molecular formula is C13H17NO. The average Bonchev–Trinajstić information content (AvgIpc) is 2.39. The van der Waals surface area contributed by atoms with Gasteiger partial charge in [0.2, 0.25) is 5.91 Å². The van der Waals surface area contributed by atoms with Gasteiger partial charge in [0.25, 0.3) is 0 Å². The van der Waals surface area contributed by atoms with Crippen LogP contribution in [-0.4, -0.2) is 23.9 Å². The van der Waals surface area contributed by atoms with Gasteiger partial charge in [0.15, 0.2) is 0 Å². The molecule has 1 unspecified atom stereocenters. The lowest BCUT2D eigenvalue weighted by atomic mass is 9.96. The van der Waals surface area contributed by atoms with Gasteiger partial charge >= 0.3 is 0 Å². The van der Waals surface area contributed by atoms with Crippen LogP contribution in [0, 0.1) is 0 Å². The Bertz CT molecular complexity index is 373. The van der Waals surface area contributed by atoms with Crippen molar-refractivity contribution in [2.75, 3.05) is 13.1 Å². The Hall–Kier alpha value is -1.31. The van der Waals surface area contributed by atoms with Crippen LogP contribution >= 0.6 is 0 Å². The number of rotatable bonds is 0. The third-order valence-corrected chi connectivity index (χ3v) is 3.18. The van der Waals surface area contributed by atoms with E-state index in [1.807, 2.05) is 4.90 Å². The molecule has 80 valence electrons. The van der Waals surface area contributed by atoms with Gasteiger partial charge in [-0.2, -0.15) is 0 Å². The first-order chi connectivity index (χ1) is 7.18. The molecule has 0 bridgehead atoms. The van der Waals surface area contributed by atoms with E-state index in [1.54, 1.807) is 6.92 Å². The Morgan fingerprint density at radius 1 is 1.40 bits per heavy atom. The van der Waals surface area contributed by atoms with E-state index >= 15 is 0 Å². The van der Waals surface area contributed by atoms with Crippen LogP contribution in [0.1, 0.15) is 30.9 Å². The van der Waals surface area contributed by atoms with E-state index in [0.717, 1.165) is 19.5 Å². The maximum Gasteiger partial charge on any atom is 0.219 e. The summed E-state index contributed by atoms with van der Waals surface area (Å²) in [6.07, 6.45) is 0.986. The third kappa shape index (κ3) is 2.04. The van der Waals surface area contributed by atoms with Crippen molar-refractivity contribution in [1.29, 1.82) is 0 Å². The molecule has 1 aliphatic rings. The van der Waals surface area contributed by atoms with Crippen LogP contribution in [0.2, 0.25) is 0 Å². The van der Waals surface area contributed by atoms with Crippen molar-refractivity contribution in [2.45, 2.75) is 26.2 Å². The van der Waals surface area contributed by atoms with Crippen molar-refractivity contribution in [3.63, 3.8) is 0 Å². The number of hydrogen-bond acceptors (Lipinski definition) is 1. The second-order valence-electron chi connectivity index (χ2n) is 4.31. The molecule has 0 radical (unpaired) electrons. The fourth-order valence-corrected chi connectivity index (χ4v) is 2.30. The molecule has 1 aromatic rings. The molecule has 0 aliphatic carbocycles. The molecule has 1 amide bonds. The summed E-state index contributed by atoms with van der Waals surface area (Å²) in [6, 6.07) is 8.52. The first-order valence-electron chi connectivity index (χ1n) is 5.52. The number of nitrogens with zero attached hydrogens (tertiary/aromatic N) is 1. The zero-order valence-corrected chi connectivity index (χ0v) is 9.36. The molecule has 2 rings (SSSR count).